The molecule has 0 unspecified atom stereocenters. The molecule has 0 saturated heterocycles. The Balaban J connectivity index is 1.78. The molecule has 0 bridgehead atoms. The third-order valence-electron chi connectivity index (χ3n) is 5.14. The average Bonchev–Trinajstić information content (AvgIpc) is 3.16. The summed E-state index contributed by atoms with van der Waals surface area (Å²) in [5.74, 6) is 0.813. The summed E-state index contributed by atoms with van der Waals surface area (Å²) in [6.07, 6.45) is 5.65. The van der Waals surface area contributed by atoms with E-state index in [0.29, 0.717) is 27.5 Å². The van der Waals surface area contributed by atoms with Crippen molar-refractivity contribution < 1.29 is 14.1 Å². The Bertz CT molecular complexity index is 1010. The van der Waals surface area contributed by atoms with Crippen LogP contribution in [0.4, 0.5) is 5.69 Å². The number of non-ortho nitro benzene ring substituents is 1. The molecule has 1 aromatic carbocycles. The number of benzene rings is 1. The van der Waals surface area contributed by atoms with Crippen molar-refractivity contribution in [1.29, 1.82) is 5.26 Å². The average molecular weight is 458 g/mol. The zero-order chi connectivity index (χ0) is 21.0. The van der Waals surface area contributed by atoms with Crippen LogP contribution in [-0.4, -0.2) is 16.9 Å². The van der Waals surface area contributed by atoms with E-state index < -0.39 is 10.8 Å². The van der Waals surface area contributed by atoms with Gasteiger partial charge in [0.25, 0.3) is 11.6 Å². The Labute approximate surface area is 176 Å². The lowest BCUT2D eigenvalue weighted by atomic mass is 9.86. The summed E-state index contributed by atoms with van der Waals surface area (Å²) in [7, 11) is 0. The second-order valence-electron chi connectivity index (χ2n) is 7.13. The Kier molecular flexibility index (Phi) is 6.49. The number of carbonyl (C=O) groups is 1. The highest BCUT2D eigenvalue weighted by Gasteiger charge is 2.24. The number of nitro groups is 1. The van der Waals surface area contributed by atoms with E-state index in [1.807, 2.05) is 6.07 Å². The van der Waals surface area contributed by atoms with Crippen LogP contribution in [0.15, 0.2) is 44.8 Å². The van der Waals surface area contributed by atoms with E-state index in [1.54, 1.807) is 18.2 Å². The quantitative estimate of drug-likeness (QED) is 0.286. The van der Waals surface area contributed by atoms with Gasteiger partial charge in [0.15, 0.2) is 0 Å². The summed E-state index contributed by atoms with van der Waals surface area (Å²) in [6.45, 7) is 2.11. The van der Waals surface area contributed by atoms with Crippen molar-refractivity contribution >= 4 is 33.6 Å². The molecule has 1 fully saturated rings. The maximum absolute atomic E-state index is 12.5. The number of nitro benzene ring substituents is 1. The summed E-state index contributed by atoms with van der Waals surface area (Å²) in [5.41, 5.74) is 0.577. The molecule has 150 valence electrons. The summed E-state index contributed by atoms with van der Waals surface area (Å²) < 4.78 is 6.25. The highest BCUT2D eigenvalue weighted by molar-refractivity contribution is 9.10. The highest BCUT2D eigenvalue weighted by atomic mass is 79.9. The molecule has 0 radical (unpaired) electrons. The van der Waals surface area contributed by atoms with Gasteiger partial charge in [0.1, 0.15) is 23.2 Å². The second kappa shape index (κ2) is 9.05. The molecule has 1 aromatic heterocycles. The van der Waals surface area contributed by atoms with Gasteiger partial charge in [-0.15, -0.1) is 0 Å². The van der Waals surface area contributed by atoms with Crippen LogP contribution < -0.4 is 5.32 Å². The van der Waals surface area contributed by atoms with Gasteiger partial charge in [-0.2, -0.15) is 5.26 Å². The van der Waals surface area contributed by atoms with E-state index in [2.05, 4.69) is 28.2 Å². The van der Waals surface area contributed by atoms with Crippen LogP contribution in [0.3, 0.4) is 0 Å². The van der Waals surface area contributed by atoms with Crippen LogP contribution in [0.1, 0.15) is 38.4 Å². The van der Waals surface area contributed by atoms with Gasteiger partial charge in [0.2, 0.25) is 0 Å². The number of nitriles is 1. The lowest BCUT2D eigenvalue weighted by Crippen LogP contribution is -2.41. The Hall–Kier alpha value is -2.92. The standard InChI is InChI=1S/C21H20BrN3O4/c1-13-4-2-3-5-19(13)24-21(26)14(12-23)10-16-7-9-20(29-16)17-8-6-15(25(27)28)11-18(17)22/h6-11,13,19H,2-5H2,1H3,(H,24,26)/b14-10+/t13-,19+/m0/s1. The molecule has 1 heterocycles. The first-order chi connectivity index (χ1) is 13.9. The second-order valence-corrected chi connectivity index (χ2v) is 7.99. The molecule has 1 amide bonds. The number of amides is 1. The van der Waals surface area contributed by atoms with Gasteiger partial charge < -0.3 is 9.73 Å². The number of nitrogens with one attached hydrogen (secondary N) is 1. The molecule has 2 atom stereocenters. The third kappa shape index (κ3) is 4.93. The van der Waals surface area contributed by atoms with Crippen LogP contribution in [0, 0.1) is 27.4 Å². The molecule has 1 saturated carbocycles. The number of furan rings is 1. The Morgan fingerprint density at radius 1 is 1.34 bits per heavy atom. The largest absolute Gasteiger partial charge is 0.457 e. The molecule has 2 aromatic rings. The lowest BCUT2D eigenvalue weighted by Gasteiger charge is -2.29. The summed E-state index contributed by atoms with van der Waals surface area (Å²) >= 11 is 3.31. The van der Waals surface area contributed by atoms with Gasteiger partial charge in [-0.25, -0.2) is 0 Å². The summed E-state index contributed by atoms with van der Waals surface area (Å²) in [4.78, 5) is 22.9. The summed E-state index contributed by atoms with van der Waals surface area (Å²) in [6, 6.07) is 9.72. The molecular weight excluding hydrogens is 438 g/mol. The maximum atomic E-state index is 12.5. The van der Waals surface area contributed by atoms with Gasteiger partial charge in [0.05, 0.1) is 4.92 Å². The van der Waals surface area contributed by atoms with Crippen molar-refractivity contribution in [1.82, 2.24) is 5.32 Å². The smallest absolute Gasteiger partial charge is 0.270 e. The zero-order valence-electron chi connectivity index (χ0n) is 15.9. The van der Waals surface area contributed by atoms with Crippen LogP contribution in [0.5, 0.6) is 0 Å². The fraction of sp³-hybridized carbons (Fsp3) is 0.333. The van der Waals surface area contributed by atoms with Crippen molar-refractivity contribution in [3.05, 3.63) is 56.3 Å². The van der Waals surface area contributed by atoms with Gasteiger partial charge in [-0.3, -0.25) is 14.9 Å². The first-order valence-corrected chi connectivity index (χ1v) is 10.1. The third-order valence-corrected chi connectivity index (χ3v) is 5.79. The molecule has 7 nitrogen and oxygen atoms in total. The van der Waals surface area contributed by atoms with Gasteiger partial charge in [-0.1, -0.05) is 19.8 Å². The zero-order valence-corrected chi connectivity index (χ0v) is 17.4. The monoisotopic (exact) mass is 457 g/mol. The minimum atomic E-state index is -0.476. The van der Waals surface area contributed by atoms with Gasteiger partial charge in [0, 0.05) is 34.3 Å². The fourth-order valence-corrected chi connectivity index (χ4v) is 4.02. The number of halogens is 1. The first-order valence-electron chi connectivity index (χ1n) is 9.36. The topological polar surface area (TPSA) is 109 Å². The molecule has 1 N–H and O–H groups in total. The molecule has 0 spiro atoms. The van der Waals surface area contributed by atoms with Crippen molar-refractivity contribution in [2.24, 2.45) is 5.92 Å². The molecule has 0 aliphatic heterocycles. The predicted octanol–water partition coefficient (Wildman–Crippen LogP) is 5.22. The van der Waals surface area contributed by atoms with E-state index in [4.69, 9.17) is 4.42 Å². The highest BCUT2D eigenvalue weighted by Crippen LogP contribution is 2.33. The molecular formula is C21H20BrN3O4. The van der Waals surface area contributed by atoms with Gasteiger partial charge >= 0.3 is 0 Å². The molecule has 3 rings (SSSR count). The van der Waals surface area contributed by atoms with E-state index in [1.165, 1.54) is 24.6 Å². The van der Waals surface area contributed by atoms with Crippen molar-refractivity contribution in [3.63, 3.8) is 0 Å². The lowest BCUT2D eigenvalue weighted by molar-refractivity contribution is -0.384. The molecule has 1 aliphatic rings. The van der Waals surface area contributed by atoms with E-state index in [-0.39, 0.29) is 17.3 Å². The van der Waals surface area contributed by atoms with Gasteiger partial charge in [-0.05, 0) is 52.9 Å². The van der Waals surface area contributed by atoms with Crippen LogP contribution in [0.25, 0.3) is 17.4 Å². The van der Waals surface area contributed by atoms with E-state index in [0.717, 1.165) is 19.3 Å². The minimum absolute atomic E-state index is 0.0218. The maximum Gasteiger partial charge on any atom is 0.270 e. The SMILES string of the molecule is C[C@H]1CCCC[C@H]1NC(=O)/C(C#N)=C/c1ccc(-c2ccc([N+](=O)[O-])cc2Br)o1. The first kappa shape index (κ1) is 20.8. The molecule has 29 heavy (non-hydrogen) atoms. The van der Waals surface area contributed by atoms with Crippen molar-refractivity contribution in [2.75, 3.05) is 0 Å². The number of nitrogens with zero attached hydrogens (tertiary/aromatic N) is 2. The van der Waals surface area contributed by atoms with Crippen LogP contribution in [0.2, 0.25) is 0 Å². The molecule has 8 heteroatoms. The number of rotatable bonds is 5. The molecule has 1 aliphatic carbocycles. The number of hydrogen-bond donors (Lipinski definition) is 1. The van der Waals surface area contributed by atoms with Crippen molar-refractivity contribution in [2.45, 2.75) is 38.6 Å². The Morgan fingerprint density at radius 3 is 2.76 bits per heavy atom. The predicted molar refractivity (Wildman–Crippen MR) is 112 cm³/mol. The fourth-order valence-electron chi connectivity index (χ4n) is 3.46. The van der Waals surface area contributed by atoms with Crippen LogP contribution >= 0.6 is 15.9 Å². The van der Waals surface area contributed by atoms with E-state index in [9.17, 15) is 20.2 Å². The normalized spacial score (nSPS) is 19.4. The number of hydrogen-bond acceptors (Lipinski definition) is 5. The van der Waals surface area contributed by atoms with E-state index >= 15 is 0 Å². The van der Waals surface area contributed by atoms with Crippen LogP contribution in [-0.2, 0) is 4.79 Å². The minimum Gasteiger partial charge on any atom is -0.457 e. The summed E-state index contributed by atoms with van der Waals surface area (Å²) in [5, 5.41) is 23.2. The number of carbonyl (C=O) groups excluding carboxylic acids is 1. The Morgan fingerprint density at radius 2 is 2.10 bits per heavy atom. The van der Waals surface area contributed by atoms with Crippen molar-refractivity contribution in [3.8, 4) is 17.4 Å².